The molecule has 0 aliphatic carbocycles. The molecular weight excluding hydrogens is 294 g/mol. The minimum Gasteiger partial charge on any atom is -0.497 e. The van der Waals surface area contributed by atoms with Crippen molar-refractivity contribution in [3.63, 3.8) is 0 Å². The largest absolute Gasteiger partial charge is 0.497 e. The smallest absolute Gasteiger partial charge is 0.142 e. The van der Waals surface area contributed by atoms with Crippen molar-refractivity contribution >= 4 is 17.4 Å². The third-order valence-corrected chi connectivity index (χ3v) is 4.43. The van der Waals surface area contributed by atoms with E-state index in [9.17, 15) is 0 Å². The summed E-state index contributed by atoms with van der Waals surface area (Å²) in [6.07, 6.45) is 1.08. The number of ether oxygens (including phenoxy) is 2. The van der Waals surface area contributed by atoms with Crippen molar-refractivity contribution in [2.75, 3.05) is 31.8 Å². The van der Waals surface area contributed by atoms with E-state index in [1.807, 2.05) is 30.0 Å². The summed E-state index contributed by atoms with van der Waals surface area (Å²) in [7, 11) is 3.35. The van der Waals surface area contributed by atoms with Crippen molar-refractivity contribution in [2.24, 2.45) is 0 Å². The predicted octanol–water partition coefficient (Wildman–Crippen LogP) is 4.61. The molecule has 22 heavy (non-hydrogen) atoms. The quantitative estimate of drug-likeness (QED) is 0.569. The van der Waals surface area contributed by atoms with Crippen LogP contribution in [-0.4, -0.2) is 26.5 Å². The van der Waals surface area contributed by atoms with E-state index in [1.54, 1.807) is 14.2 Å². The lowest BCUT2D eigenvalue weighted by Gasteiger charge is -2.12. The fourth-order valence-corrected chi connectivity index (χ4v) is 2.92. The molecule has 4 heteroatoms. The molecular formula is C18H23NO2S. The van der Waals surface area contributed by atoms with E-state index < -0.39 is 0 Å². The molecule has 0 aliphatic heterocycles. The van der Waals surface area contributed by atoms with Gasteiger partial charge in [0.2, 0.25) is 0 Å². The zero-order valence-electron chi connectivity index (χ0n) is 13.4. The third-order valence-electron chi connectivity index (χ3n) is 3.33. The first kappa shape index (κ1) is 16.6. The van der Waals surface area contributed by atoms with Crippen LogP contribution in [0.5, 0.6) is 11.5 Å². The number of anilines is 1. The summed E-state index contributed by atoms with van der Waals surface area (Å²) in [4.78, 5) is 1.32. The number of hydrogen-bond donors (Lipinski definition) is 1. The van der Waals surface area contributed by atoms with Crippen LogP contribution < -0.4 is 14.8 Å². The molecule has 2 aromatic rings. The van der Waals surface area contributed by atoms with Crippen LogP contribution in [0.4, 0.5) is 5.69 Å². The van der Waals surface area contributed by atoms with Gasteiger partial charge >= 0.3 is 0 Å². The van der Waals surface area contributed by atoms with Crippen molar-refractivity contribution in [3.8, 4) is 11.5 Å². The second kappa shape index (κ2) is 8.59. The van der Waals surface area contributed by atoms with Crippen LogP contribution in [0.3, 0.4) is 0 Å². The summed E-state index contributed by atoms with van der Waals surface area (Å²) in [5.41, 5.74) is 2.28. The maximum Gasteiger partial charge on any atom is 0.142 e. The van der Waals surface area contributed by atoms with Crippen molar-refractivity contribution < 1.29 is 9.47 Å². The van der Waals surface area contributed by atoms with Crippen LogP contribution in [0, 0.1) is 6.92 Å². The van der Waals surface area contributed by atoms with Gasteiger partial charge in [0.15, 0.2) is 0 Å². The summed E-state index contributed by atoms with van der Waals surface area (Å²) in [6.45, 7) is 3.02. The number of nitrogens with one attached hydrogen (secondary N) is 1. The van der Waals surface area contributed by atoms with E-state index in [-0.39, 0.29) is 0 Å². The van der Waals surface area contributed by atoms with Gasteiger partial charge in [-0.25, -0.2) is 0 Å². The summed E-state index contributed by atoms with van der Waals surface area (Å²) in [5, 5.41) is 3.42. The average molecular weight is 317 g/mol. The second-order valence-corrected chi connectivity index (χ2v) is 6.18. The van der Waals surface area contributed by atoms with Crippen LogP contribution in [-0.2, 0) is 0 Å². The maximum atomic E-state index is 5.36. The maximum absolute atomic E-state index is 5.36. The molecule has 0 amide bonds. The van der Waals surface area contributed by atoms with Gasteiger partial charge in [-0.15, -0.1) is 11.8 Å². The molecule has 2 rings (SSSR count). The number of aryl methyl sites for hydroxylation is 1. The number of benzene rings is 2. The molecule has 0 saturated carbocycles. The average Bonchev–Trinajstić information content (AvgIpc) is 2.56. The number of hydrogen-bond acceptors (Lipinski definition) is 4. The highest BCUT2D eigenvalue weighted by Gasteiger charge is 2.04. The Kier molecular flexibility index (Phi) is 6.46. The minimum atomic E-state index is 0.831. The molecule has 3 nitrogen and oxygen atoms in total. The molecule has 0 unspecified atom stereocenters. The highest BCUT2D eigenvalue weighted by Crippen LogP contribution is 2.29. The Morgan fingerprint density at radius 1 is 1.00 bits per heavy atom. The zero-order chi connectivity index (χ0) is 15.8. The number of rotatable bonds is 8. The van der Waals surface area contributed by atoms with Gasteiger partial charge in [-0.2, -0.15) is 0 Å². The Balaban J connectivity index is 1.77. The zero-order valence-corrected chi connectivity index (χ0v) is 14.2. The summed E-state index contributed by atoms with van der Waals surface area (Å²) < 4.78 is 10.6. The van der Waals surface area contributed by atoms with E-state index in [4.69, 9.17) is 9.47 Å². The van der Waals surface area contributed by atoms with Gasteiger partial charge in [0, 0.05) is 17.5 Å². The molecule has 0 saturated heterocycles. The first-order valence-electron chi connectivity index (χ1n) is 7.38. The Morgan fingerprint density at radius 2 is 1.77 bits per heavy atom. The Morgan fingerprint density at radius 3 is 2.45 bits per heavy atom. The first-order chi connectivity index (χ1) is 10.7. The lowest BCUT2D eigenvalue weighted by Crippen LogP contribution is -2.04. The summed E-state index contributed by atoms with van der Waals surface area (Å²) >= 11 is 1.89. The Labute approximate surface area is 137 Å². The standard InChI is InChI=1S/C18H23NO2S/c1-14-5-8-16(9-6-14)22-12-4-11-19-17-13-15(20-2)7-10-18(17)21-3/h5-10,13,19H,4,11-12H2,1-3H3. The van der Waals surface area contributed by atoms with Gasteiger partial charge in [-0.1, -0.05) is 17.7 Å². The second-order valence-electron chi connectivity index (χ2n) is 5.01. The molecule has 0 aromatic heterocycles. The topological polar surface area (TPSA) is 30.5 Å². The third kappa shape index (κ3) is 4.88. The van der Waals surface area contributed by atoms with E-state index in [1.165, 1.54) is 10.5 Å². The highest BCUT2D eigenvalue weighted by atomic mass is 32.2. The Bertz CT molecular complexity index is 584. The van der Waals surface area contributed by atoms with Crippen molar-refractivity contribution in [1.29, 1.82) is 0 Å². The van der Waals surface area contributed by atoms with Gasteiger partial charge in [0.1, 0.15) is 11.5 Å². The molecule has 0 aliphatic rings. The molecule has 2 aromatic carbocycles. The van der Waals surface area contributed by atoms with Crippen LogP contribution in [0.2, 0.25) is 0 Å². The number of thioether (sulfide) groups is 1. The summed E-state index contributed by atoms with van der Waals surface area (Å²) in [6, 6.07) is 14.5. The van der Waals surface area contributed by atoms with Gasteiger partial charge in [0.05, 0.1) is 19.9 Å². The van der Waals surface area contributed by atoms with E-state index in [2.05, 4.69) is 36.5 Å². The number of methoxy groups -OCH3 is 2. The normalized spacial score (nSPS) is 10.3. The van der Waals surface area contributed by atoms with Gasteiger partial charge < -0.3 is 14.8 Å². The fraction of sp³-hybridized carbons (Fsp3) is 0.333. The van der Waals surface area contributed by atoms with E-state index in [0.29, 0.717) is 0 Å². The van der Waals surface area contributed by atoms with Crippen LogP contribution >= 0.6 is 11.8 Å². The molecule has 0 radical (unpaired) electrons. The molecule has 118 valence electrons. The SMILES string of the molecule is COc1ccc(OC)c(NCCCSc2ccc(C)cc2)c1. The molecule has 0 spiro atoms. The predicted molar refractivity (Wildman–Crippen MR) is 94.6 cm³/mol. The molecule has 0 bridgehead atoms. The molecule has 0 atom stereocenters. The monoisotopic (exact) mass is 317 g/mol. The highest BCUT2D eigenvalue weighted by molar-refractivity contribution is 7.99. The van der Waals surface area contributed by atoms with Crippen molar-refractivity contribution in [3.05, 3.63) is 48.0 Å². The van der Waals surface area contributed by atoms with Crippen LogP contribution in [0.1, 0.15) is 12.0 Å². The van der Waals surface area contributed by atoms with Crippen LogP contribution in [0.25, 0.3) is 0 Å². The van der Waals surface area contributed by atoms with Crippen molar-refractivity contribution in [2.45, 2.75) is 18.2 Å². The molecule has 0 fully saturated rings. The fourth-order valence-electron chi connectivity index (χ4n) is 2.07. The van der Waals surface area contributed by atoms with Crippen LogP contribution in [0.15, 0.2) is 47.4 Å². The first-order valence-corrected chi connectivity index (χ1v) is 8.37. The lowest BCUT2D eigenvalue weighted by molar-refractivity contribution is 0.404. The molecule has 0 heterocycles. The van der Waals surface area contributed by atoms with E-state index >= 15 is 0 Å². The van der Waals surface area contributed by atoms with Gasteiger partial charge in [-0.3, -0.25) is 0 Å². The van der Waals surface area contributed by atoms with E-state index in [0.717, 1.165) is 35.9 Å². The molecule has 1 N–H and O–H groups in total. The Hall–Kier alpha value is -1.81. The summed E-state index contributed by atoms with van der Waals surface area (Å²) in [5.74, 6) is 2.76. The van der Waals surface area contributed by atoms with Gasteiger partial charge in [0.25, 0.3) is 0 Å². The minimum absolute atomic E-state index is 0.831. The lowest BCUT2D eigenvalue weighted by atomic mass is 10.2. The van der Waals surface area contributed by atoms with Crippen molar-refractivity contribution in [1.82, 2.24) is 0 Å². The van der Waals surface area contributed by atoms with Gasteiger partial charge in [-0.05, 0) is 43.4 Å².